The SMILES string of the molecule is CCOc1ccc(N=Cc2cc(Cl)c(OCC)c(OCC)c2)cc1. The van der Waals surface area contributed by atoms with Crippen molar-refractivity contribution in [1.29, 1.82) is 0 Å². The summed E-state index contributed by atoms with van der Waals surface area (Å²) in [6.07, 6.45) is 1.75. The summed E-state index contributed by atoms with van der Waals surface area (Å²) < 4.78 is 16.6. The summed E-state index contributed by atoms with van der Waals surface area (Å²) in [5.74, 6) is 2.03. The van der Waals surface area contributed by atoms with Crippen LogP contribution < -0.4 is 14.2 Å². The maximum absolute atomic E-state index is 6.30. The van der Waals surface area contributed by atoms with Crippen molar-refractivity contribution >= 4 is 23.5 Å². The molecule has 0 aliphatic rings. The van der Waals surface area contributed by atoms with E-state index in [1.165, 1.54) is 0 Å². The van der Waals surface area contributed by atoms with Crippen molar-refractivity contribution in [1.82, 2.24) is 0 Å². The Kier molecular flexibility index (Phi) is 6.94. The molecule has 0 amide bonds. The Morgan fingerprint density at radius 3 is 2.21 bits per heavy atom. The first-order valence-corrected chi connectivity index (χ1v) is 8.41. The lowest BCUT2D eigenvalue weighted by Crippen LogP contribution is -2.00. The van der Waals surface area contributed by atoms with Gasteiger partial charge < -0.3 is 14.2 Å². The van der Waals surface area contributed by atoms with Gasteiger partial charge in [-0.3, -0.25) is 4.99 Å². The zero-order chi connectivity index (χ0) is 17.4. The van der Waals surface area contributed by atoms with Crippen LogP contribution in [0.1, 0.15) is 26.3 Å². The molecule has 0 aliphatic carbocycles. The maximum Gasteiger partial charge on any atom is 0.179 e. The highest BCUT2D eigenvalue weighted by molar-refractivity contribution is 6.32. The third-order valence-electron chi connectivity index (χ3n) is 3.13. The first-order valence-electron chi connectivity index (χ1n) is 8.04. The van der Waals surface area contributed by atoms with E-state index in [1.807, 2.05) is 57.2 Å². The minimum atomic E-state index is 0.510. The van der Waals surface area contributed by atoms with Crippen LogP contribution in [0.5, 0.6) is 17.2 Å². The third kappa shape index (κ3) is 4.90. The summed E-state index contributed by atoms with van der Waals surface area (Å²) in [5.41, 5.74) is 1.68. The topological polar surface area (TPSA) is 40.0 Å². The van der Waals surface area contributed by atoms with E-state index >= 15 is 0 Å². The van der Waals surface area contributed by atoms with E-state index in [9.17, 15) is 0 Å². The first-order chi connectivity index (χ1) is 11.7. The summed E-state index contributed by atoms with van der Waals surface area (Å²) >= 11 is 6.30. The molecule has 0 saturated heterocycles. The van der Waals surface area contributed by atoms with E-state index in [1.54, 1.807) is 6.21 Å². The van der Waals surface area contributed by atoms with Crippen LogP contribution in [0.3, 0.4) is 0 Å². The van der Waals surface area contributed by atoms with E-state index in [4.69, 9.17) is 25.8 Å². The van der Waals surface area contributed by atoms with E-state index < -0.39 is 0 Å². The van der Waals surface area contributed by atoms with E-state index in [0.29, 0.717) is 36.3 Å². The van der Waals surface area contributed by atoms with Crippen LogP contribution >= 0.6 is 11.6 Å². The molecule has 0 atom stereocenters. The lowest BCUT2D eigenvalue weighted by Gasteiger charge is -2.13. The molecule has 0 heterocycles. The molecule has 24 heavy (non-hydrogen) atoms. The van der Waals surface area contributed by atoms with Gasteiger partial charge in [-0.25, -0.2) is 0 Å². The van der Waals surface area contributed by atoms with Gasteiger partial charge in [0.05, 0.1) is 30.5 Å². The Bertz CT molecular complexity index is 684. The maximum atomic E-state index is 6.30. The average Bonchev–Trinajstić information content (AvgIpc) is 2.58. The van der Waals surface area contributed by atoms with E-state index in [2.05, 4.69) is 4.99 Å². The molecule has 2 rings (SSSR count). The van der Waals surface area contributed by atoms with Gasteiger partial charge in [0.15, 0.2) is 11.5 Å². The highest BCUT2D eigenvalue weighted by Crippen LogP contribution is 2.36. The molecule has 2 aromatic carbocycles. The number of nitrogens with zero attached hydrogens (tertiary/aromatic N) is 1. The number of halogens is 1. The zero-order valence-corrected chi connectivity index (χ0v) is 15.0. The summed E-state index contributed by atoms with van der Waals surface area (Å²) in [4.78, 5) is 4.46. The van der Waals surface area contributed by atoms with Crippen LogP contribution in [-0.2, 0) is 0 Å². The molecule has 4 nitrogen and oxygen atoms in total. The van der Waals surface area contributed by atoms with Crippen LogP contribution in [0.15, 0.2) is 41.4 Å². The van der Waals surface area contributed by atoms with Crippen LogP contribution in [0, 0.1) is 0 Å². The molecule has 5 heteroatoms. The lowest BCUT2D eigenvalue weighted by molar-refractivity contribution is 0.288. The smallest absolute Gasteiger partial charge is 0.179 e. The van der Waals surface area contributed by atoms with Gasteiger partial charge in [-0.1, -0.05) is 11.6 Å². The van der Waals surface area contributed by atoms with Gasteiger partial charge in [0.25, 0.3) is 0 Å². The Morgan fingerprint density at radius 1 is 0.917 bits per heavy atom. The number of rotatable bonds is 8. The number of ether oxygens (including phenoxy) is 3. The fraction of sp³-hybridized carbons (Fsp3) is 0.316. The molecule has 0 aromatic heterocycles. The molecule has 0 N–H and O–H groups in total. The second-order valence-electron chi connectivity index (χ2n) is 4.88. The summed E-state index contributed by atoms with van der Waals surface area (Å²) in [7, 11) is 0. The predicted octanol–water partition coefficient (Wildman–Crippen LogP) is 5.29. The Labute approximate surface area is 148 Å². The van der Waals surface area contributed by atoms with Gasteiger partial charge in [0, 0.05) is 6.21 Å². The molecule has 0 spiro atoms. The third-order valence-corrected chi connectivity index (χ3v) is 3.41. The average molecular weight is 348 g/mol. The largest absolute Gasteiger partial charge is 0.494 e. The minimum Gasteiger partial charge on any atom is -0.494 e. The van der Waals surface area contributed by atoms with E-state index in [-0.39, 0.29) is 0 Å². The van der Waals surface area contributed by atoms with Crippen LogP contribution in [0.2, 0.25) is 5.02 Å². The quantitative estimate of drug-likeness (QED) is 0.609. The van der Waals surface area contributed by atoms with Gasteiger partial charge in [-0.05, 0) is 62.7 Å². The number of hydrogen-bond acceptors (Lipinski definition) is 4. The van der Waals surface area contributed by atoms with Gasteiger partial charge in [-0.15, -0.1) is 0 Å². The van der Waals surface area contributed by atoms with Crippen LogP contribution in [0.4, 0.5) is 5.69 Å². The highest BCUT2D eigenvalue weighted by atomic mass is 35.5. The fourth-order valence-electron chi connectivity index (χ4n) is 2.15. The van der Waals surface area contributed by atoms with Crippen molar-refractivity contribution in [3.63, 3.8) is 0 Å². The second-order valence-corrected chi connectivity index (χ2v) is 5.29. The van der Waals surface area contributed by atoms with Gasteiger partial charge >= 0.3 is 0 Å². The zero-order valence-electron chi connectivity index (χ0n) is 14.2. The van der Waals surface area contributed by atoms with Crippen molar-refractivity contribution in [2.75, 3.05) is 19.8 Å². The molecule has 0 bridgehead atoms. The first kappa shape index (κ1) is 18.1. The highest BCUT2D eigenvalue weighted by Gasteiger charge is 2.11. The number of aliphatic imine (C=N–C) groups is 1. The van der Waals surface area contributed by atoms with Gasteiger partial charge in [-0.2, -0.15) is 0 Å². The van der Waals surface area contributed by atoms with Crippen molar-refractivity contribution in [3.8, 4) is 17.2 Å². The van der Waals surface area contributed by atoms with Gasteiger partial charge in [0.2, 0.25) is 0 Å². The summed E-state index contributed by atoms with van der Waals surface area (Å²) in [6, 6.07) is 11.3. The molecule has 0 saturated carbocycles. The molecule has 0 unspecified atom stereocenters. The van der Waals surface area contributed by atoms with Crippen molar-refractivity contribution in [2.45, 2.75) is 20.8 Å². The lowest BCUT2D eigenvalue weighted by atomic mass is 10.2. The molecular weight excluding hydrogens is 326 g/mol. The Morgan fingerprint density at radius 2 is 1.58 bits per heavy atom. The Balaban J connectivity index is 2.21. The summed E-state index contributed by atoms with van der Waals surface area (Å²) in [6.45, 7) is 7.50. The van der Waals surface area contributed by atoms with Crippen LogP contribution in [-0.4, -0.2) is 26.0 Å². The second kappa shape index (κ2) is 9.18. The van der Waals surface area contributed by atoms with Crippen molar-refractivity contribution in [2.24, 2.45) is 4.99 Å². The minimum absolute atomic E-state index is 0.510. The number of hydrogen-bond donors (Lipinski definition) is 0. The summed E-state index contributed by atoms with van der Waals surface area (Å²) in [5, 5.41) is 0.510. The molecule has 0 radical (unpaired) electrons. The molecule has 128 valence electrons. The molecular formula is C19H22ClNO3. The number of benzene rings is 2. The van der Waals surface area contributed by atoms with Crippen LogP contribution in [0.25, 0.3) is 0 Å². The fourth-order valence-corrected chi connectivity index (χ4v) is 2.43. The monoisotopic (exact) mass is 347 g/mol. The standard InChI is InChI=1S/C19H22ClNO3/c1-4-22-16-9-7-15(8-10-16)21-13-14-11-17(20)19(24-6-3)18(12-14)23-5-2/h7-13H,4-6H2,1-3H3. The normalized spacial score (nSPS) is 10.8. The van der Waals surface area contributed by atoms with Crippen molar-refractivity contribution in [3.05, 3.63) is 47.0 Å². The Hall–Kier alpha value is -2.20. The molecule has 2 aromatic rings. The molecule has 0 aliphatic heterocycles. The van der Waals surface area contributed by atoms with E-state index in [0.717, 1.165) is 17.0 Å². The predicted molar refractivity (Wildman–Crippen MR) is 98.7 cm³/mol. The van der Waals surface area contributed by atoms with Crippen molar-refractivity contribution < 1.29 is 14.2 Å². The molecule has 0 fully saturated rings. The van der Waals surface area contributed by atoms with Gasteiger partial charge in [0.1, 0.15) is 5.75 Å².